The van der Waals surface area contributed by atoms with Gasteiger partial charge >= 0.3 is 5.97 Å². The SMILES string of the molecule is Cc1cc(C(=O)N[C@@H](C)C(=O)O)c(C)n1-c1nccs1. The number of carbonyl (C=O) groups excluding carboxylic acids is 1. The molecule has 6 nitrogen and oxygen atoms in total. The molecule has 1 amide bonds. The molecular weight excluding hydrogens is 278 g/mol. The molecule has 0 aromatic carbocycles. The summed E-state index contributed by atoms with van der Waals surface area (Å²) in [7, 11) is 0. The molecule has 0 unspecified atom stereocenters. The fraction of sp³-hybridized carbons (Fsp3) is 0.308. The van der Waals surface area contributed by atoms with Gasteiger partial charge in [0.05, 0.1) is 5.56 Å². The van der Waals surface area contributed by atoms with Crippen LogP contribution in [0.5, 0.6) is 0 Å². The summed E-state index contributed by atoms with van der Waals surface area (Å²) in [6, 6.07) is 0.811. The summed E-state index contributed by atoms with van der Waals surface area (Å²) >= 11 is 1.47. The number of aromatic nitrogens is 2. The lowest BCUT2D eigenvalue weighted by Crippen LogP contribution is -2.38. The predicted molar refractivity (Wildman–Crippen MR) is 75.5 cm³/mol. The number of amides is 1. The zero-order valence-corrected chi connectivity index (χ0v) is 12.2. The molecule has 2 aromatic rings. The largest absolute Gasteiger partial charge is 0.480 e. The number of rotatable bonds is 4. The van der Waals surface area contributed by atoms with E-state index in [-0.39, 0.29) is 0 Å². The first-order chi connectivity index (χ1) is 9.41. The van der Waals surface area contributed by atoms with E-state index >= 15 is 0 Å². The maximum atomic E-state index is 12.1. The zero-order chi connectivity index (χ0) is 14.9. The van der Waals surface area contributed by atoms with E-state index < -0.39 is 17.9 Å². The fourth-order valence-electron chi connectivity index (χ4n) is 1.95. The Morgan fingerprint density at radius 1 is 1.45 bits per heavy atom. The van der Waals surface area contributed by atoms with E-state index in [4.69, 9.17) is 5.11 Å². The number of thiazole rings is 1. The zero-order valence-electron chi connectivity index (χ0n) is 11.4. The second-order valence-corrected chi connectivity index (χ2v) is 5.34. The number of nitrogens with one attached hydrogen (secondary N) is 1. The number of carboxylic acid groups (broad SMARTS) is 1. The van der Waals surface area contributed by atoms with Crippen molar-refractivity contribution in [3.8, 4) is 5.13 Å². The van der Waals surface area contributed by atoms with Crippen LogP contribution < -0.4 is 5.32 Å². The van der Waals surface area contributed by atoms with Gasteiger partial charge in [-0.1, -0.05) is 0 Å². The van der Waals surface area contributed by atoms with Crippen molar-refractivity contribution in [1.82, 2.24) is 14.9 Å². The van der Waals surface area contributed by atoms with Gasteiger partial charge in [-0.3, -0.25) is 14.2 Å². The summed E-state index contributed by atoms with van der Waals surface area (Å²) in [5.74, 6) is -1.46. The minimum Gasteiger partial charge on any atom is -0.480 e. The van der Waals surface area contributed by atoms with Crippen molar-refractivity contribution in [2.75, 3.05) is 0 Å². The number of nitrogens with zero attached hydrogens (tertiary/aromatic N) is 2. The van der Waals surface area contributed by atoms with Crippen molar-refractivity contribution in [1.29, 1.82) is 0 Å². The van der Waals surface area contributed by atoms with Crippen LogP contribution in [0.4, 0.5) is 0 Å². The molecule has 1 atom stereocenters. The normalized spacial score (nSPS) is 12.2. The average molecular weight is 293 g/mol. The van der Waals surface area contributed by atoms with Crippen molar-refractivity contribution in [2.45, 2.75) is 26.8 Å². The minimum atomic E-state index is -1.06. The molecule has 0 bridgehead atoms. The van der Waals surface area contributed by atoms with Crippen molar-refractivity contribution >= 4 is 23.2 Å². The molecule has 7 heteroatoms. The summed E-state index contributed by atoms with van der Waals surface area (Å²) in [6.45, 7) is 5.13. The van der Waals surface area contributed by atoms with E-state index in [9.17, 15) is 9.59 Å². The fourth-order valence-corrected chi connectivity index (χ4v) is 2.70. The molecule has 0 aliphatic rings. The van der Waals surface area contributed by atoms with Gasteiger partial charge < -0.3 is 10.4 Å². The monoisotopic (exact) mass is 293 g/mol. The number of hydrogen-bond acceptors (Lipinski definition) is 4. The van der Waals surface area contributed by atoms with Crippen LogP contribution in [0.2, 0.25) is 0 Å². The van der Waals surface area contributed by atoms with Gasteiger partial charge in [-0.05, 0) is 26.8 Å². The van der Waals surface area contributed by atoms with E-state index in [1.165, 1.54) is 18.3 Å². The Morgan fingerprint density at radius 2 is 2.15 bits per heavy atom. The summed E-state index contributed by atoms with van der Waals surface area (Å²) < 4.78 is 1.88. The molecule has 0 saturated carbocycles. The Hall–Kier alpha value is -2.15. The lowest BCUT2D eigenvalue weighted by Gasteiger charge is -2.09. The predicted octanol–water partition coefficient (Wildman–Crippen LogP) is 1.75. The number of carboxylic acids is 1. The maximum absolute atomic E-state index is 12.1. The molecule has 20 heavy (non-hydrogen) atoms. The Morgan fingerprint density at radius 3 is 2.70 bits per heavy atom. The average Bonchev–Trinajstić information content (AvgIpc) is 2.97. The molecule has 0 spiro atoms. The first kappa shape index (κ1) is 14.3. The first-order valence-corrected chi connectivity index (χ1v) is 6.92. The van der Waals surface area contributed by atoms with Crippen molar-refractivity contribution in [2.24, 2.45) is 0 Å². The van der Waals surface area contributed by atoms with Gasteiger partial charge in [0.25, 0.3) is 5.91 Å². The Kier molecular flexibility index (Phi) is 3.89. The van der Waals surface area contributed by atoms with E-state index in [2.05, 4.69) is 10.3 Å². The van der Waals surface area contributed by atoms with Crippen LogP contribution in [-0.2, 0) is 4.79 Å². The lowest BCUT2D eigenvalue weighted by molar-refractivity contribution is -0.138. The smallest absolute Gasteiger partial charge is 0.325 e. The standard InChI is InChI=1S/C13H15N3O3S/c1-7-6-10(11(17)15-8(2)12(18)19)9(3)16(7)13-14-4-5-20-13/h4-6,8H,1-3H3,(H,15,17)(H,18,19)/t8-/m0/s1. The van der Waals surface area contributed by atoms with Crippen LogP contribution in [0.25, 0.3) is 5.13 Å². The van der Waals surface area contributed by atoms with Gasteiger partial charge in [-0.25, -0.2) is 4.98 Å². The van der Waals surface area contributed by atoms with Gasteiger partial charge in [-0.15, -0.1) is 11.3 Å². The van der Waals surface area contributed by atoms with E-state index in [1.807, 2.05) is 23.8 Å². The molecular formula is C13H15N3O3S. The molecule has 106 valence electrons. The topological polar surface area (TPSA) is 84.2 Å². The van der Waals surface area contributed by atoms with Crippen molar-refractivity contribution in [3.63, 3.8) is 0 Å². The van der Waals surface area contributed by atoms with Crippen LogP contribution in [0.15, 0.2) is 17.6 Å². The van der Waals surface area contributed by atoms with Crippen molar-refractivity contribution < 1.29 is 14.7 Å². The van der Waals surface area contributed by atoms with Gasteiger partial charge in [0.15, 0.2) is 5.13 Å². The number of aryl methyl sites for hydroxylation is 1. The maximum Gasteiger partial charge on any atom is 0.325 e. The summed E-state index contributed by atoms with van der Waals surface area (Å²) in [6.07, 6.45) is 1.70. The number of hydrogen-bond donors (Lipinski definition) is 2. The van der Waals surface area contributed by atoms with Crippen LogP contribution in [-0.4, -0.2) is 32.6 Å². The Bertz CT molecular complexity index is 646. The van der Waals surface area contributed by atoms with Crippen molar-refractivity contribution in [3.05, 3.63) is 34.6 Å². The first-order valence-electron chi connectivity index (χ1n) is 6.04. The molecule has 0 saturated heterocycles. The lowest BCUT2D eigenvalue weighted by atomic mass is 10.2. The quantitative estimate of drug-likeness (QED) is 0.899. The Labute approximate surface area is 120 Å². The van der Waals surface area contributed by atoms with Crippen LogP contribution in [0.1, 0.15) is 28.7 Å². The highest BCUT2D eigenvalue weighted by Crippen LogP contribution is 2.22. The molecule has 2 rings (SSSR count). The molecule has 2 heterocycles. The summed E-state index contributed by atoms with van der Waals surface area (Å²) in [5.41, 5.74) is 2.09. The van der Waals surface area contributed by atoms with Crippen LogP contribution in [0.3, 0.4) is 0 Å². The van der Waals surface area contributed by atoms with E-state index in [0.29, 0.717) is 5.56 Å². The highest BCUT2D eigenvalue weighted by atomic mass is 32.1. The second-order valence-electron chi connectivity index (χ2n) is 4.47. The molecule has 2 aromatic heterocycles. The van der Waals surface area contributed by atoms with E-state index in [1.54, 1.807) is 12.3 Å². The highest BCUT2D eigenvalue weighted by molar-refractivity contribution is 7.12. The molecule has 0 fully saturated rings. The third-order valence-electron chi connectivity index (χ3n) is 3.00. The van der Waals surface area contributed by atoms with Gasteiger partial charge in [0, 0.05) is 23.0 Å². The van der Waals surface area contributed by atoms with Gasteiger partial charge in [0.1, 0.15) is 6.04 Å². The van der Waals surface area contributed by atoms with E-state index in [0.717, 1.165) is 16.5 Å². The molecule has 0 radical (unpaired) electrons. The number of aliphatic carboxylic acids is 1. The number of carbonyl (C=O) groups is 2. The third-order valence-corrected chi connectivity index (χ3v) is 3.76. The summed E-state index contributed by atoms with van der Waals surface area (Å²) in [4.78, 5) is 27.1. The third kappa shape index (κ3) is 2.57. The van der Waals surface area contributed by atoms with Crippen LogP contribution >= 0.6 is 11.3 Å². The minimum absolute atomic E-state index is 0.393. The molecule has 0 aliphatic carbocycles. The summed E-state index contributed by atoms with van der Waals surface area (Å²) in [5, 5.41) is 13.9. The van der Waals surface area contributed by atoms with Gasteiger partial charge in [0.2, 0.25) is 0 Å². The molecule has 2 N–H and O–H groups in total. The van der Waals surface area contributed by atoms with Crippen LogP contribution in [0, 0.1) is 13.8 Å². The van der Waals surface area contributed by atoms with Gasteiger partial charge in [-0.2, -0.15) is 0 Å². The Balaban J connectivity index is 2.33. The highest BCUT2D eigenvalue weighted by Gasteiger charge is 2.21. The molecule has 0 aliphatic heterocycles. The second kappa shape index (κ2) is 5.46.